The number of fused-ring (bicyclic) bond motifs is 1. The minimum absolute atomic E-state index is 0.240. The van der Waals surface area contributed by atoms with E-state index in [1.807, 2.05) is 23.6 Å². The van der Waals surface area contributed by atoms with E-state index in [4.69, 9.17) is 5.26 Å². The summed E-state index contributed by atoms with van der Waals surface area (Å²) < 4.78 is 15.9. The molecule has 0 amide bonds. The summed E-state index contributed by atoms with van der Waals surface area (Å²) in [6, 6.07) is 10.3. The van der Waals surface area contributed by atoms with Crippen LogP contribution in [0.4, 0.5) is 4.39 Å². The molecule has 0 saturated carbocycles. The fourth-order valence-corrected chi connectivity index (χ4v) is 2.95. The number of hydrogen-bond acceptors (Lipinski definition) is 2. The summed E-state index contributed by atoms with van der Waals surface area (Å²) in [5.74, 6) is -0.289. The van der Waals surface area contributed by atoms with Gasteiger partial charge in [-0.25, -0.2) is 9.37 Å². The molecule has 0 aliphatic heterocycles. The molecule has 104 valence electrons. The van der Waals surface area contributed by atoms with E-state index in [9.17, 15) is 4.39 Å². The molecule has 5 heteroatoms. The molecule has 0 radical (unpaired) electrons. The molecule has 0 aliphatic carbocycles. The van der Waals surface area contributed by atoms with Crippen LogP contribution in [0.5, 0.6) is 0 Å². The topological polar surface area (TPSA) is 41.1 Å². The number of rotatable bonds is 2. The van der Waals surface area contributed by atoms with Crippen LogP contribution in [0.1, 0.15) is 11.3 Å². The van der Waals surface area contributed by atoms with Crippen molar-refractivity contribution in [1.82, 2.24) is 9.38 Å². The Labute approximate surface area is 129 Å². The number of halogens is 2. The highest BCUT2D eigenvalue weighted by molar-refractivity contribution is 9.10. The van der Waals surface area contributed by atoms with Crippen LogP contribution < -0.4 is 0 Å². The molecule has 0 spiro atoms. The van der Waals surface area contributed by atoms with Gasteiger partial charge >= 0.3 is 0 Å². The van der Waals surface area contributed by atoms with Gasteiger partial charge in [0.25, 0.3) is 0 Å². The fraction of sp³-hybridized carbons (Fsp3) is 0.125. The zero-order valence-electron chi connectivity index (χ0n) is 11.3. The molecular weight excluding hydrogens is 333 g/mol. The Morgan fingerprint density at radius 2 is 2.05 bits per heavy atom. The predicted molar refractivity (Wildman–Crippen MR) is 82.3 cm³/mol. The quantitative estimate of drug-likeness (QED) is 0.696. The van der Waals surface area contributed by atoms with Gasteiger partial charge in [0, 0.05) is 16.2 Å². The number of imidazole rings is 1. The van der Waals surface area contributed by atoms with Crippen molar-refractivity contribution in [1.29, 1.82) is 5.26 Å². The van der Waals surface area contributed by atoms with Gasteiger partial charge in [-0.2, -0.15) is 5.26 Å². The first-order chi connectivity index (χ1) is 10.1. The van der Waals surface area contributed by atoms with E-state index in [0.717, 1.165) is 32.6 Å². The first-order valence-corrected chi connectivity index (χ1v) is 7.19. The zero-order chi connectivity index (χ0) is 15.0. The van der Waals surface area contributed by atoms with Crippen molar-refractivity contribution in [2.45, 2.75) is 13.3 Å². The van der Waals surface area contributed by atoms with Crippen molar-refractivity contribution in [3.8, 4) is 17.3 Å². The molecule has 0 fully saturated rings. The van der Waals surface area contributed by atoms with Gasteiger partial charge in [-0.3, -0.25) is 0 Å². The number of nitrogens with zero attached hydrogens (tertiary/aromatic N) is 3. The second-order valence-corrected chi connectivity index (χ2v) is 5.70. The Morgan fingerprint density at radius 3 is 2.71 bits per heavy atom. The average Bonchev–Trinajstić information content (AvgIpc) is 2.80. The largest absolute Gasteiger partial charge is 0.301 e. The van der Waals surface area contributed by atoms with E-state index in [-0.39, 0.29) is 12.2 Å². The Kier molecular flexibility index (Phi) is 3.48. The molecule has 0 aliphatic rings. The van der Waals surface area contributed by atoms with Crippen LogP contribution in [0.25, 0.3) is 16.9 Å². The molecule has 3 aromatic rings. The molecule has 3 nitrogen and oxygen atoms in total. The molecule has 1 aromatic carbocycles. The maximum atomic E-state index is 13.1. The lowest BCUT2D eigenvalue weighted by Gasteiger charge is -2.03. The lowest BCUT2D eigenvalue weighted by Crippen LogP contribution is -1.95. The van der Waals surface area contributed by atoms with Crippen LogP contribution in [0, 0.1) is 24.1 Å². The maximum absolute atomic E-state index is 13.1. The van der Waals surface area contributed by atoms with Gasteiger partial charge in [0.2, 0.25) is 0 Å². The van der Waals surface area contributed by atoms with E-state index in [2.05, 4.69) is 27.0 Å². The van der Waals surface area contributed by atoms with Crippen molar-refractivity contribution >= 4 is 21.6 Å². The van der Waals surface area contributed by atoms with Crippen molar-refractivity contribution < 1.29 is 4.39 Å². The fourth-order valence-electron chi connectivity index (χ4n) is 2.40. The van der Waals surface area contributed by atoms with Crippen LogP contribution in [0.2, 0.25) is 0 Å². The SMILES string of the molecule is Cc1cc(Br)cn2c(CC#N)c(-c3ccc(F)cc3)nc12. The standard InChI is InChI=1S/C16H11BrFN3/c1-10-8-12(17)9-21-14(6-7-19)15(20-16(10)21)11-2-4-13(18)5-3-11/h2-5,8-9H,6H2,1H3. The molecule has 3 rings (SSSR count). The second-order valence-electron chi connectivity index (χ2n) is 4.78. The van der Waals surface area contributed by atoms with Crippen molar-refractivity contribution in [3.05, 3.63) is 58.1 Å². The molecule has 0 unspecified atom stereocenters. The summed E-state index contributed by atoms with van der Waals surface area (Å²) in [7, 11) is 0. The van der Waals surface area contributed by atoms with Crippen LogP contribution >= 0.6 is 15.9 Å². The van der Waals surface area contributed by atoms with Gasteiger partial charge < -0.3 is 4.40 Å². The number of aryl methyl sites for hydroxylation is 1. The third-order valence-corrected chi connectivity index (χ3v) is 3.77. The molecule has 0 saturated heterocycles. The smallest absolute Gasteiger partial charge is 0.140 e. The number of aromatic nitrogens is 2. The van der Waals surface area contributed by atoms with Crippen LogP contribution in [0.15, 0.2) is 41.0 Å². The normalized spacial score (nSPS) is 10.8. The minimum atomic E-state index is -0.289. The van der Waals surface area contributed by atoms with E-state index in [1.165, 1.54) is 12.1 Å². The lowest BCUT2D eigenvalue weighted by molar-refractivity contribution is 0.628. The first kappa shape index (κ1) is 13.8. The van der Waals surface area contributed by atoms with E-state index in [0.29, 0.717) is 0 Å². The highest BCUT2D eigenvalue weighted by Crippen LogP contribution is 2.28. The zero-order valence-corrected chi connectivity index (χ0v) is 12.9. The number of hydrogen-bond donors (Lipinski definition) is 0. The molecule has 2 heterocycles. The first-order valence-electron chi connectivity index (χ1n) is 6.40. The van der Waals surface area contributed by atoms with Crippen molar-refractivity contribution in [2.75, 3.05) is 0 Å². The van der Waals surface area contributed by atoms with Gasteiger partial charge in [-0.1, -0.05) is 0 Å². The predicted octanol–water partition coefficient (Wildman–Crippen LogP) is 4.28. The Bertz CT molecular complexity index is 860. The summed E-state index contributed by atoms with van der Waals surface area (Å²) in [5.41, 5.74) is 4.15. The molecule has 0 bridgehead atoms. The molecule has 2 aromatic heterocycles. The number of benzene rings is 1. The average molecular weight is 344 g/mol. The van der Waals surface area contributed by atoms with Gasteiger partial charge in [-0.05, 0) is 58.7 Å². The van der Waals surface area contributed by atoms with Gasteiger partial charge in [0.05, 0.1) is 23.9 Å². The maximum Gasteiger partial charge on any atom is 0.140 e. The van der Waals surface area contributed by atoms with Gasteiger partial charge in [0.1, 0.15) is 11.5 Å². The van der Waals surface area contributed by atoms with E-state index in [1.54, 1.807) is 12.1 Å². The van der Waals surface area contributed by atoms with Crippen LogP contribution in [0.3, 0.4) is 0 Å². The third kappa shape index (κ3) is 2.43. The summed E-state index contributed by atoms with van der Waals surface area (Å²) in [6.07, 6.45) is 2.14. The van der Waals surface area contributed by atoms with E-state index >= 15 is 0 Å². The molecular formula is C16H11BrFN3. The number of nitriles is 1. The van der Waals surface area contributed by atoms with Crippen LogP contribution in [-0.4, -0.2) is 9.38 Å². The van der Waals surface area contributed by atoms with E-state index < -0.39 is 0 Å². The summed E-state index contributed by atoms with van der Waals surface area (Å²) in [4.78, 5) is 4.64. The summed E-state index contributed by atoms with van der Waals surface area (Å²) >= 11 is 3.46. The Morgan fingerprint density at radius 1 is 1.33 bits per heavy atom. The Hall–Kier alpha value is -2.19. The molecule has 0 atom stereocenters. The monoisotopic (exact) mass is 343 g/mol. The summed E-state index contributed by atoms with van der Waals surface area (Å²) in [6.45, 7) is 1.97. The number of pyridine rings is 1. The van der Waals surface area contributed by atoms with Gasteiger partial charge in [-0.15, -0.1) is 0 Å². The third-order valence-electron chi connectivity index (χ3n) is 3.33. The summed E-state index contributed by atoms with van der Waals surface area (Å²) in [5, 5.41) is 9.09. The van der Waals surface area contributed by atoms with Crippen molar-refractivity contribution in [2.24, 2.45) is 0 Å². The Balaban J connectivity index is 2.32. The van der Waals surface area contributed by atoms with Gasteiger partial charge in [0.15, 0.2) is 0 Å². The molecule has 0 N–H and O–H groups in total. The lowest BCUT2D eigenvalue weighted by atomic mass is 10.1. The van der Waals surface area contributed by atoms with Crippen LogP contribution in [-0.2, 0) is 6.42 Å². The minimum Gasteiger partial charge on any atom is -0.301 e. The highest BCUT2D eigenvalue weighted by atomic mass is 79.9. The molecule has 21 heavy (non-hydrogen) atoms. The second kappa shape index (κ2) is 5.30. The van der Waals surface area contributed by atoms with Crippen molar-refractivity contribution in [3.63, 3.8) is 0 Å². The highest BCUT2D eigenvalue weighted by Gasteiger charge is 2.15.